The van der Waals surface area contributed by atoms with Crippen LogP contribution in [0.25, 0.3) is 0 Å². The molecule has 0 saturated carbocycles. The van der Waals surface area contributed by atoms with Gasteiger partial charge in [0.25, 0.3) is 0 Å². The summed E-state index contributed by atoms with van der Waals surface area (Å²) >= 11 is 6.11. The number of aromatic nitrogens is 1. The fraction of sp³-hybridized carbons (Fsp3) is 0.310. The van der Waals surface area contributed by atoms with Gasteiger partial charge in [0, 0.05) is 19.1 Å². The van der Waals surface area contributed by atoms with E-state index in [-0.39, 0.29) is 24.1 Å². The third-order valence-electron chi connectivity index (χ3n) is 6.48. The summed E-state index contributed by atoms with van der Waals surface area (Å²) in [4.78, 5) is 43.5. The molecule has 3 amide bonds. The molecule has 3 N–H and O–H groups in total. The molecule has 4 rings (SSSR count). The minimum absolute atomic E-state index is 0.0132. The summed E-state index contributed by atoms with van der Waals surface area (Å²) in [5.74, 6) is -0.000237. The molecule has 1 unspecified atom stereocenters. The van der Waals surface area contributed by atoms with Crippen LogP contribution in [-0.2, 0) is 16.0 Å². The molecule has 1 atom stereocenters. The van der Waals surface area contributed by atoms with Crippen LogP contribution in [0.15, 0.2) is 60.8 Å². The van der Waals surface area contributed by atoms with E-state index in [1.165, 1.54) is 7.11 Å². The van der Waals surface area contributed by atoms with Crippen molar-refractivity contribution < 1.29 is 23.9 Å². The number of esters is 1. The Balaban J connectivity index is 1.33. The normalized spacial score (nSPS) is 14.4. The summed E-state index contributed by atoms with van der Waals surface area (Å²) in [5, 5.41) is 9.21. The lowest BCUT2D eigenvalue weighted by atomic mass is 10.1. The van der Waals surface area contributed by atoms with Crippen molar-refractivity contribution in [2.24, 2.45) is 0 Å². The van der Waals surface area contributed by atoms with Crippen molar-refractivity contribution in [1.82, 2.24) is 9.88 Å². The van der Waals surface area contributed by atoms with Gasteiger partial charge in [-0.05, 0) is 61.7 Å². The molecule has 2 heterocycles. The van der Waals surface area contributed by atoms with Gasteiger partial charge in [-0.2, -0.15) is 0 Å². The fourth-order valence-electron chi connectivity index (χ4n) is 4.50. The molecule has 11 heteroatoms. The van der Waals surface area contributed by atoms with Gasteiger partial charge in [-0.25, -0.2) is 14.6 Å². The van der Waals surface area contributed by atoms with Crippen LogP contribution >= 0.6 is 11.6 Å². The predicted molar refractivity (Wildman–Crippen MR) is 154 cm³/mol. The maximum atomic E-state index is 13.2. The molecular weight excluding hydrogens is 534 g/mol. The summed E-state index contributed by atoms with van der Waals surface area (Å²) in [5.41, 5.74) is 2.74. The molecule has 0 aliphatic carbocycles. The van der Waals surface area contributed by atoms with Gasteiger partial charge in [-0.1, -0.05) is 29.8 Å². The number of para-hydroxylation sites is 1. The van der Waals surface area contributed by atoms with Crippen molar-refractivity contribution in [3.63, 3.8) is 0 Å². The lowest BCUT2D eigenvalue weighted by molar-refractivity contribution is -0.131. The second-order valence-electron chi connectivity index (χ2n) is 9.19. The van der Waals surface area contributed by atoms with Crippen LogP contribution in [0.5, 0.6) is 5.75 Å². The number of rotatable bonds is 10. The highest BCUT2D eigenvalue weighted by Crippen LogP contribution is 2.28. The van der Waals surface area contributed by atoms with E-state index in [9.17, 15) is 14.4 Å². The van der Waals surface area contributed by atoms with Crippen LogP contribution in [0.2, 0.25) is 5.02 Å². The third kappa shape index (κ3) is 7.41. The average Bonchev–Trinajstić information content (AvgIpc) is 3.43. The summed E-state index contributed by atoms with van der Waals surface area (Å²) in [6.07, 6.45) is 3.60. The van der Waals surface area contributed by atoms with E-state index in [0.717, 1.165) is 24.1 Å². The molecular formula is C29H32ClN5O5. The molecule has 210 valence electrons. The van der Waals surface area contributed by atoms with Crippen LogP contribution in [0.3, 0.4) is 0 Å². The van der Waals surface area contributed by atoms with Gasteiger partial charge in [0.1, 0.15) is 11.4 Å². The number of hydrogen-bond acceptors (Lipinski definition) is 7. The Hall–Kier alpha value is -4.31. The molecule has 1 saturated heterocycles. The number of pyridine rings is 1. The molecule has 40 heavy (non-hydrogen) atoms. The molecule has 1 aromatic heterocycles. The number of ether oxygens (including phenoxy) is 2. The predicted octanol–water partition coefficient (Wildman–Crippen LogP) is 5.21. The van der Waals surface area contributed by atoms with E-state index in [1.807, 2.05) is 4.90 Å². The number of halogens is 1. The zero-order valence-corrected chi connectivity index (χ0v) is 23.2. The van der Waals surface area contributed by atoms with Gasteiger partial charge >= 0.3 is 12.0 Å². The summed E-state index contributed by atoms with van der Waals surface area (Å²) in [7, 11) is 1.51. The van der Waals surface area contributed by atoms with Gasteiger partial charge in [-0.15, -0.1) is 0 Å². The average molecular weight is 566 g/mol. The van der Waals surface area contributed by atoms with E-state index >= 15 is 0 Å². The van der Waals surface area contributed by atoms with Crippen molar-refractivity contribution in [3.05, 3.63) is 77.1 Å². The highest BCUT2D eigenvalue weighted by molar-refractivity contribution is 6.33. The minimum Gasteiger partial charge on any atom is -0.495 e. The Labute approximate surface area is 238 Å². The number of hydrogen-bond donors (Lipinski definition) is 3. The molecule has 2 aromatic carbocycles. The van der Waals surface area contributed by atoms with Crippen LogP contribution in [0, 0.1) is 0 Å². The first-order chi connectivity index (χ1) is 19.4. The summed E-state index contributed by atoms with van der Waals surface area (Å²) < 4.78 is 10.4. The number of amides is 3. The number of urea groups is 1. The number of anilines is 3. The van der Waals surface area contributed by atoms with Crippen LogP contribution in [0.4, 0.5) is 21.9 Å². The molecule has 0 radical (unpaired) electrons. The number of nitrogens with one attached hydrogen (secondary N) is 3. The second-order valence-corrected chi connectivity index (χ2v) is 9.59. The topological polar surface area (TPSA) is 122 Å². The van der Waals surface area contributed by atoms with Crippen molar-refractivity contribution >= 4 is 46.6 Å². The number of carbonyl (C=O) groups excluding carboxylic acids is 3. The van der Waals surface area contributed by atoms with E-state index in [2.05, 4.69) is 20.9 Å². The molecule has 0 spiro atoms. The monoisotopic (exact) mass is 565 g/mol. The van der Waals surface area contributed by atoms with Gasteiger partial charge in [-0.3, -0.25) is 4.79 Å². The number of methoxy groups -OCH3 is 1. The van der Waals surface area contributed by atoms with Gasteiger partial charge in [0.2, 0.25) is 5.91 Å². The first kappa shape index (κ1) is 28.7. The van der Waals surface area contributed by atoms with Crippen molar-refractivity contribution in [2.45, 2.75) is 32.2 Å². The summed E-state index contributed by atoms with van der Waals surface area (Å²) in [6.45, 7) is 3.29. The highest BCUT2D eigenvalue weighted by atomic mass is 35.5. The zero-order chi connectivity index (χ0) is 28.5. The number of nitrogens with zero attached hydrogens (tertiary/aromatic N) is 2. The Morgan fingerprint density at radius 1 is 1.07 bits per heavy atom. The Bertz CT molecular complexity index is 1350. The maximum Gasteiger partial charge on any atom is 0.356 e. The van der Waals surface area contributed by atoms with Gasteiger partial charge in [0.05, 0.1) is 48.4 Å². The van der Waals surface area contributed by atoms with Crippen molar-refractivity contribution in [1.29, 1.82) is 0 Å². The first-order valence-electron chi connectivity index (χ1n) is 13.0. The Morgan fingerprint density at radius 2 is 1.88 bits per heavy atom. The van der Waals surface area contributed by atoms with E-state index in [4.69, 9.17) is 21.1 Å². The lowest BCUT2D eigenvalue weighted by Crippen LogP contribution is -2.40. The summed E-state index contributed by atoms with van der Waals surface area (Å²) in [6, 6.07) is 15.2. The fourth-order valence-corrected chi connectivity index (χ4v) is 4.68. The van der Waals surface area contributed by atoms with Crippen molar-refractivity contribution in [3.8, 4) is 5.75 Å². The SMILES string of the molecule is CCOC(=O)c1ccc(NCC2CCCN2C(=O)Cc2ccc(NC(=O)Nc3ccccc3Cl)c(OC)c2)cn1. The second kappa shape index (κ2) is 13.7. The van der Waals surface area contributed by atoms with E-state index in [0.29, 0.717) is 41.8 Å². The molecule has 10 nitrogen and oxygen atoms in total. The van der Waals surface area contributed by atoms with Gasteiger partial charge in [0.15, 0.2) is 0 Å². The maximum absolute atomic E-state index is 13.2. The molecule has 3 aromatic rings. The number of likely N-dealkylation sites (tertiary alicyclic amines) is 1. The minimum atomic E-state index is -0.464. The smallest absolute Gasteiger partial charge is 0.356 e. The van der Waals surface area contributed by atoms with Gasteiger partial charge < -0.3 is 30.3 Å². The van der Waals surface area contributed by atoms with Crippen LogP contribution in [-0.4, -0.2) is 60.6 Å². The Kier molecular flexibility index (Phi) is 9.80. The quantitative estimate of drug-likeness (QED) is 0.288. The highest BCUT2D eigenvalue weighted by Gasteiger charge is 2.28. The zero-order valence-electron chi connectivity index (χ0n) is 22.4. The van der Waals surface area contributed by atoms with E-state index < -0.39 is 12.0 Å². The molecule has 1 aliphatic rings. The van der Waals surface area contributed by atoms with Crippen molar-refractivity contribution in [2.75, 3.05) is 42.8 Å². The third-order valence-corrected chi connectivity index (χ3v) is 6.81. The first-order valence-corrected chi connectivity index (χ1v) is 13.4. The Morgan fingerprint density at radius 3 is 2.60 bits per heavy atom. The van der Waals surface area contributed by atoms with E-state index in [1.54, 1.807) is 67.7 Å². The largest absolute Gasteiger partial charge is 0.495 e. The molecule has 1 aliphatic heterocycles. The number of benzene rings is 2. The molecule has 1 fully saturated rings. The number of carbonyl (C=O) groups is 3. The standard InChI is InChI=1S/C29H32ClN5O5/c1-3-40-28(37)25-13-11-20(17-32-25)31-18-21-7-6-14-35(21)27(36)16-19-10-12-24(26(15-19)39-2)34-29(38)33-23-9-5-4-8-22(23)30/h4-5,8-13,15,17,21,31H,3,6-7,14,16,18H2,1-2H3,(H2,33,34,38). The van der Waals surface area contributed by atoms with Crippen LogP contribution in [0.1, 0.15) is 35.8 Å². The molecule has 0 bridgehead atoms. The van der Waals surface area contributed by atoms with Crippen LogP contribution < -0.4 is 20.7 Å². The lowest BCUT2D eigenvalue weighted by Gasteiger charge is -2.25.